The molecule has 0 radical (unpaired) electrons. The van der Waals surface area contributed by atoms with Crippen LogP contribution in [0, 0.1) is 12.8 Å². The number of aromatic amines is 1. The summed E-state index contributed by atoms with van der Waals surface area (Å²) in [6.45, 7) is 1.69. The van der Waals surface area contributed by atoms with Crippen LogP contribution in [0.1, 0.15) is 21.9 Å². The van der Waals surface area contributed by atoms with Crippen molar-refractivity contribution in [2.45, 2.75) is 23.1 Å². The first kappa shape index (κ1) is 25.1. The van der Waals surface area contributed by atoms with Crippen LogP contribution in [0.25, 0.3) is 0 Å². The number of hydrogen-bond acceptors (Lipinski definition) is 7. The largest absolute Gasteiger partial charge is 0.483 e. The summed E-state index contributed by atoms with van der Waals surface area (Å²) in [6.07, 6.45) is 0. The van der Waals surface area contributed by atoms with E-state index in [0.717, 1.165) is 16.9 Å². The number of amides is 3. The van der Waals surface area contributed by atoms with Gasteiger partial charge in [-0.15, -0.1) is 0 Å². The first-order valence-corrected chi connectivity index (χ1v) is 14.0. The summed E-state index contributed by atoms with van der Waals surface area (Å²) in [4.78, 5) is 57.0. The number of imide groups is 1. The molecule has 3 amide bonds. The first-order chi connectivity index (χ1) is 18.9. The summed E-state index contributed by atoms with van der Waals surface area (Å²) in [5, 5.41) is 2.66. The summed E-state index contributed by atoms with van der Waals surface area (Å²) in [7, 11) is 0. The van der Waals surface area contributed by atoms with Gasteiger partial charge in [-0.05, 0) is 37.3 Å². The maximum atomic E-state index is 13.9. The molecule has 39 heavy (non-hydrogen) atoms. The number of H-pyrrole nitrogens is 1. The molecule has 3 heterocycles. The number of thiazole rings is 1. The number of ether oxygens (including phenoxy) is 1. The Balaban J connectivity index is 1.35. The van der Waals surface area contributed by atoms with Crippen molar-refractivity contribution in [1.29, 1.82) is 0 Å². The molecule has 2 N–H and O–H groups in total. The number of fused-ring (bicyclic) bond motifs is 2. The third kappa shape index (κ3) is 4.66. The standard InChI is InChI=1S/C29H23N3O5S2/c1-16-11-13-18(14-12-16)32-27(34)23-22(24-26(31-29(36)39-24)38-25(23)28(32)35)19-9-5-6-10-20(19)37-15-21(33)30-17-7-3-2-4-8-17/h2-14,22-23,25H,15H2,1H3,(H,30,33)(H,31,36)/t22-,23-,25+/m0/s1. The van der Waals surface area contributed by atoms with Gasteiger partial charge in [0.15, 0.2) is 6.61 Å². The number of carbonyl (C=O) groups is 3. The molecule has 196 valence electrons. The van der Waals surface area contributed by atoms with Crippen molar-refractivity contribution < 1.29 is 19.1 Å². The highest BCUT2D eigenvalue weighted by atomic mass is 32.2. The molecule has 4 aromatic rings. The fraction of sp³-hybridized carbons (Fsp3) is 0.172. The molecule has 0 spiro atoms. The highest BCUT2D eigenvalue weighted by molar-refractivity contribution is 8.00. The number of carbonyl (C=O) groups excluding carboxylic acids is 3. The number of aryl methyl sites for hydroxylation is 1. The van der Waals surface area contributed by atoms with Gasteiger partial charge in [0.2, 0.25) is 11.8 Å². The van der Waals surface area contributed by atoms with Crippen LogP contribution in [0.15, 0.2) is 88.7 Å². The normalized spacial score (nSPS) is 19.9. The van der Waals surface area contributed by atoms with Gasteiger partial charge in [-0.3, -0.25) is 19.2 Å². The fourth-order valence-corrected chi connectivity index (χ4v) is 7.54. The molecule has 2 aliphatic heterocycles. The molecule has 1 fully saturated rings. The highest BCUT2D eigenvalue weighted by Crippen LogP contribution is 2.54. The summed E-state index contributed by atoms with van der Waals surface area (Å²) >= 11 is 2.25. The van der Waals surface area contributed by atoms with Crippen molar-refractivity contribution in [2.75, 3.05) is 16.8 Å². The number of anilines is 2. The molecule has 1 saturated heterocycles. The van der Waals surface area contributed by atoms with E-state index in [9.17, 15) is 19.2 Å². The predicted molar refractivity (Wildman–Crippen MR) is 151 cm³/mol. The molecule has 2 aliphatic rings. The summed E-state index contributed by atoms with van der Waals surface area (Å²) < 4.78 is 5.97. The molecule has 0 saturated carbocycles. The van der Waals surface area contributed by atoms with Gasteiger partial charge in [-0.25, -0.2) is 4.90 Å². The van der Waals surface area contributed by atoms with Gasteiger partial charge in [0.1, 0.15) is 11.0 Å². The molecule has 6 rings (SSSR count). The van der Waals surface area contributed by atoms with Gasteiger partial charge in [0, 0.05) is 22.0 Å². The second-order valence-corrected chi connectivity index (χ2v) is 11.5. The highest BCUT2D eigenvalue weighted by Gasteiger charge is 2.56. The minimum atomic E-state index is -0.745. The predicted octanol–water partition coefficient (Wildman–Crippen LogP) is 4.56. The van der Waals surface area contributed by atoms with E-state index in [-0.39, 0.29) is 29.2 Å². The van der Waals surface area contributed by atoms with E-state index in [1.54, 1.807) is 36.4 Å². The number of para-hydroxylation sites is 2. The second kappa shape index (κ2) is 10.2. The van der Waals surface area contributed by atoms with E-state index in [4.69, 9.17) is 4.74 Å². The zero-order valence-corrected chi connectivity index (χ0v) is 22.4. The summed E-state index contributed by atoms with van der Waals surface area (Å²) in [6, 6.07) is 23.5. The van der Waals surface area contributed by atoms with Crippen LogP contribution in [0.4, 0.5) is 11.4 Å². The zero-order valence-electron chi connectivity index (χ0n) is 20.7. The number of nitrogens with zero attached hydrogens (tertiary/aromatic N) is 1. The monoisotopic (exact) mass is 557 g/mol. The lowest BCUT2D eigenvalue weighted by molar-refractivity contribution is -0.122. The molecule has 0 aliphatic carbocycles. The SMILES string of the molecule is Cc1ccc(N2C(=O)[C@H]3[C@H](c4ccccc4OCC(=O)Nc4ccccc4)c4sc(=O)[nH]c4S[C@H]3C2=O)cc1. The Morgan fingerprint density at radius 2 is 1.67 bits per heavy atom. The summed E-state index contributed by atoms with van der Waals surface area (Å²) in [5.41, 5.74) is 2.83. The van der Waals surface area contributed by atoms with Crippen LogP contribution < -0.4 is 19.8 Å². The third-order valence-corrected chi connectivity index (χ3v) is 9.19. The van der Waals surface area contributed by atoms with Gasteiger partial charge < -0.3 is 15.0 Å². The number of thioether (sulfide) groups is 1. The Kier molecular flexibility index (Phi) is 6.58. The van der Waals surface area contributed by atoms with E-state index in [0.29, 0.717) is 32.6 Å². The van der Waals surface area contributed by atoms with Gasteiger partial charge in [-0.1, -0.05) is 77.2 Å². The number of rotatable bonds is 6. The van der Waals surface area contributed by atoms with Crippen molar-refractivity contribution in [3.63, 3.8) is 0 Å². The van der Waals surface area contributed by atoms with Crippen molar-refractivity contribution in [3.8, 4) is 5.75 Å². The average Bonchev–Trinajstić information content (AvgIpc) is 3.43. The Hall–Kier alpha value is -4.15. The minimum Gasteiger partial charge on any atom is -0.483 e. The quantitative estimate of drug-likeness (QED) is 0.337. The number of hydrogen-bond donors (Lipinski definition) is 2. The van der Waals surface area contributed by atoms with Crippen molar-refractivity contribution >= 4 is 52.2 Å². The van der Waals surface area contributed by atoms with Crippen LogP contribution in [-0.2, 0) is 14.4 Å². The van der Waals surface area contributed by atoms with Gasteiger partial charge in [0.05, 0.1) is 16.6 Å². The molecule has 3 atom stereocenters. The van der Waals surface area contributed by atoms with Gasteiger partial charge >= 0.3 is 4.87 Å². The van der Waals surface area contributed by atoms with Crippen LogP contribution in [-0.4, -0.2) is 34.6 Å². The Morgan fingerprint density at radius 3 is 2.44 bits per heavy atom. The van der Waals surface area contributed by atoms with Gasteiger partial charge in [-0.2, -0.15) is 0 Å². The van der Waals surface area contributed by atoms with E-state index >= 15 is 0 Å². The molecular formula is C29H23N3O5S2. The lowest BCUT2D eigenvalue weighted by atomic mass is 9.82. The van der Waals surface area contributed by atoms with Crippen molar-refractivity contribution in [1.82, 2.24) is 4.98 Å². The van der Waals surface area contributed by atoms with Crippen LogP contribution in [0.5, 0.6) is 5.75 Å². The fourth-order valence-electron chi connectivity index (χ4n) is 5.03. The van der Waals surface area contributed by atoms with Crippen molar-refractivity contribution in [2.24, 2.45) is 5.92 Å². The number of aromatic nitrogens is 1. The smallest absolute Gasteiger partial charge is 0.305 e. The van der Waals surface area contributed by atoms with Gasteiger partial charge in [0.25, 0.3) is 5.91 Å². The topological polar surface area (TPSA) is 109 Å². The zero-order chi connectivity index (χ0) is 27.1. The molecule has 0 unspecified atom stereocenters. The maximum Gasteiger partial charge on any atom is 0.305 e. The Labute approximate surface area is 232 Å². The van der Waals surface area contributed by atoms with Crippen LogP contribution in [0.3, 0.4) is 0 Å². The number of nitrogens with one attached hydrogen (secondary N) is 2. The van der Waals surface area contributed by atoms with E-state index < -0.39 is 17.1 Å². The summed E-state index contributed by atoms with van der Waals surface area (Å²) in [5.74, 6) is -1.91. The number of benzene rings is 3. The molecule has 0 bridgehead atoms. The minimum absolute atomic E-state index is 0.250. The van der Waals surface area contributed by atoms with E-state index in [1.165, 1.54) is 16.7 Å². The van der Waals surface area contributed by atoms with E-state index in [1.807, 2.05) is 49.4 Å². The molecule has 8 nitrogen and oxygen atoms in total. The van der Waals surface area contributed by atoms with Crippen LogP contribution in [0.2, 0.25) is 0 Å². The second-order valence-electron chi connectivity index (χ2n) is 9.34. The van der Waals surface area contributed by atoms with Crippen molar-refractivity contribution in [3.05, 3.63) is 105 Å². The third-order valence-electron chi connectivity index (χ3n) is 6.79. The molecule has 10 heteroatoms. The average molecular weight is 558 g/mol. The lowest BCUT2D eigenvalue weighted by Gasteiger charge is -2.30. The maximum absolute atomic E-state index is 13.9. The lowest BCUT2D eigenvalue weighted by Crippen LogP contribution is -2.32. The Morgan fingerprint density at radius 1 is 0.949 bits per heavy atom. The van der Waals surface area contributed by atoms with Crippen LogP contribution >= 0.6 is 23.1 Å². The first-order valence-electron chi connectivity index (χ1n) is 12.3. The molecular weight excluding hydrogens is 534 g/mol. The molecule has 3 aromatic carbocycles. The van der Waals surface area contributed by atoms with E-state index in [2.05, 4.69) is 10.3 Å². The Bertz CT molecular complexity index is 1630. The molecule has 1 aromatic heterocycles.